The molecule has 0 fully saturated rings. The van der Waals surface area contributed by atoms with Crippen LogP contribution in [0.5, 0.6) is 0 Å². The van der Waals surface area contributed by atoms with Crippen LogP contribution >= 0.6 is 0 Å². The number of fused-ring (bicyclic) bond motifs is 1. The molecule has 0 aromatic heterocycles. The standard InChI is InChI=1S/C22H19FN2O2S/c1-16-15-18-9-5-6-10-21(18)25(16)22(17-7-3-2-4-8-17)24-28(26,27)20-13-11-19(23)12-14-20/h2-14,16H,15H2,1H3/b24-22+. The highest BCUT2D eigenvalue weighted by Gasteiger charge is 2.31. The fourth-order valence-electron chi connectivity index (χ4n) is 3.48. The summed E-state index contributed by atoms with van der Waals surface area (Å²) in [5.74, 6) is -0.129. The lowest BCUT2D eigenvalue weighted by molar-refractivity contribution is 0.596. The van der Waals surface area contributed by atoms with E-state index in [1.54, 1.807) is 0 Å². The number of sulfonamides is 1. The third kappa shape index (κ3) is 3.43. The van der Waals surface area contributed by atoms with Crippen molar-refractivity contribution in [2.45, 2.75) is 24.3 Å². The minimum Gasteiger partial charge on any atom is -0.322 e. The normalized spacial score (nSPS) is 16.9. The van der Waals surface area contributed by atoms with Crippen molar-refractivity contribution in [1.82, 2.24) is 0 Å². The highest BCUT2D eigenvalue weighted by atomic mass is 32.2. The van der Waals surface area contributed by atoms with Crippen molar-refractivity contribution in [2.75, 3.05) is 4.90 Å². The van der Waals surface area contributed by atoms with E-state index in [1.807, 2.05) is 66.4 Å². The zero-order valence-corrected chi connectivity index (χ0v) is 16.1. The monoisotopic (exact) mass is 394 g/mol. The van der Waals surface area contributed by atoms with Gasteiger partial charge in [0.05, 0.1) is 4.90 Å². The zero-order valence-electron chi connectivity index (χ0n) is 15.3. The third-order valence-corrected chi connectivity index (χ3v) is 6.07. The Hall–Kier alpha value is -2.99. The molecule has 3 aromatic rings. The van der Waals surface area contributed by atoms with E-state index in [4.69, 9.17) is 0 Å². The second-order valence-corrected chi connectivity index (χ2v) is 8.37. The molecular weight excluding hydrogens is 375 g/mol. The van der Waals surface area contributed by atoms with E-state index < -0.39 is 15.8 Å². The van der Waals surface area contributed by atoms with E-state index in [0.717, 1.165) is 29.8 Å². The number of nitrogens with zero attached hydrogens (tertiary/aromatic N) is 2. The summed E-state index contributed by atoms with van der Waals surface area (Å²) < 4.78 is 43.4. The van der Waals surface area contributed by atoms with Crippen LogP contribution < -0.4 is 4.90 Å². The number of benzene rings is 3. The lowest BCUT2D eigenvalue weighted by atomic mass is 10.1. The summed E-state index contributed by atoms with van der Waals surface area (Å²) in [6.07, 6.45) is 0.804. The average molecular weight is 394 g/mol. The summed E-state index contributed by atoms with van der Waals surface area (Å²) in [5, 5.41) is 0. The van der Waals surface area contributed by atoms with Gasteiger partial charge in [-0.1, -0.05) is 48.5 Å². The maximum atomic E-state index is 13.2. The maximum absolute atomic E-state index is 13.2. The molecule has 0 radical (unpaired) electrons. The fourth-order valence-corrected chi connectivity index (χ4v) is 4.49. The van der Waals surface area contributed by atoms with Gasteiger partial charge in [-0.25, -0.2) is 4.39 Å². The molecule has 1 aliphatic heterocycles. The second-order valence-electron chi connectivity index (χ2n) is 6.76. The van der Waals surface area contributed by atoms with Gasteiger partial charge in [0, 0.05) is 17.3 Å². The second kappa shape index (κ2) is 7.20. The summed E-state index contributed by atoms with van der Waals surface area (Å²) >= 11 is 0. The van der Waals surface area contributed by atoms with E-state index in [1.165, 1.54) is 12.1 Å². The summed E-state index contributed by atoms with van der Waals surface area (Å²) in [5.41, 5.74) is 2.81. The molecule has 1 unspecified atom stereocenters. The van der Waals surface area contributed by atoms with Crippen molar-refractivity contribution in [3.8, 4) is 0 Å². The van der Waals surface area contributed by atoms with Crippen molar-refractivity contribution in [1.29, 1.82) is 0 Å². The number of anilines is 1. The van der Waals surface area contributed by atoms with Crippen LogP contribution in [-0.2, 0) is 16.4 Å². The average Bonchev–Trinajstić information content (AvgIpc) is 3.03. The molecular formula is C22H19FN2O2S. The highest BCUT2D eigenvalue weighted by Crippen LogP contribution is 2.34. The Morgan fingerprint density at radius 1 is 0.964 bits per heavy atom. The first kappa shape index (κ1) is 18.4. The molecule has 0 N–H and O–H groups in total. The molecule has 0 bridgehead atoms. The summed E-state index contributed by atoms with van der Waals surface area (Å²) in [4.78, 5) is 1.92. The summed E-state index contributed by atoms with van der Waals surface area (Å²) in [6.45, 7) is 2.04. The Labute approximate surface area is 164 Å². The van der Waals surface area contributed by atoms with Crippen LogP contribution in [0, 0.1) is 5.82 Å². The van der Waals surface area contributed by atoms with Crippen LogP contribution in [0.3, 0.4) is 0 Å². The number of amidine groups is 1. The molecule has 1 aliphatic rings. The van der Waals surface area contributed by atoms with Crippen LogP contribution in [0.15, 0.2) is 88.2 Å². The Kier molecular flexibility index (Phi) is 4.73. The number of rotatable bonds is 3. The Morgan fingerprint density at radius 3 is 2.32 bits per heavy atom. The van der Waals surface area contributed by atoms with Gasteiger partial charge in [0.15, 0.2) is 5.84 Å². The van der Waals surface area contributed by atoms with Crippen LogP contribution in [-0.4, -0.2) is 20.3 Å². The minimum atomic E-state index is -4.01. The molecule has 0 aliphatic carbocycles. The van der Waals surface area contributed by atoms with Crippen molar-refractivity contribution in [2.24, 2.45) is 4.40 Å². The molecule has 6 heteroatoms. The maximum Gasteiger partial charge on any atom is 0.284 e. The number of para-hydroxylation sites is 1. The first-order chi connectivity index (χ1) is 13.5. The van der Waals surface area contributed by atoms with E-state index in [-0.39, 0.29) is 10.9 Å². The van der Waals surface area contributed by atoms with Gasteiger partial charge in [-0.3, -0.25) is 0 Å². The predicted octanol–water partition coefficient (Wildman–Crippen LogP) is 4.41. The molecule has 28 heavy (non-hydrogen) atoms. The molecule has 0 spiro atoms. The van der Waals surface area contributed by atoms with E-state index in [2.05, 4.69) is 4.40 Å². The molecule has 3 aromatic carbocycles. The summed E-state index contributed by atoms with van der Waals surface area (Å²) in [7, 11) is -4.01. The molecule has 1 atom stereocenters. The quantitative estimate of drug-likeness (QED) is 0.488. The van der Waals surface area contributed by atoms with Gasteiger partial charge >= 0.3 is 0 Å². The van der Waals surface area contributed by atoms with Gasteiger partial charge in [-0.05, 0) is 49.2 Å². The predicted molar refractivity (Wildman–Crippen MR) is 109 cm³/mol. The lowest BCUT2D eigenvalue weighted by Gasteiger charge is -2.26. The van der Waals surface area contributed by atoms with Crippen LogP contribution in [0.1, 0.15) is 18.1 Å². The molecule has 0 saturated carbocycles. The van der Waals surface area contributed by atoms with Crippen molar-refractivity contribution < 1.29 is 12.8 Å². The molecule has 0 amide bonds. The number of hydrogen-bond donors (Lipinski definition) is 0. The van der Waals surface area contributed by atoms with Gasteiger partial charge in [-0.2, -0.15) is 8.42 Å². The Morgan fingerprint density at radius 2 is 1.61 bits per heavy atom. The van der Waals surface area contributed by atoms with E-state index in [9.17, 15) is 12.8 Å². The van der Waals surface area contributed by atoms with Gasteiger partial charge in [0.2, 0.25) is 0 Å². The molecule has 0 saturated heterocycles. The van der Waals surface area contributed by atoms with Gasteiger partial charge < -0.3 is 4.90 Å². The van der Waals surface area contributed by atoms with Gasteiger partial charge in [-0.15, -0.1) is 4.40 Å². The van der Waals surface area contributed by atoms with Crippen molar-refractivity contribution >= 4 is 21.5 Å². The molecule has 4 nitrogen and oxygen atoms in total. The van der Waals surface area contributed by atoms with Gasteiger partial charge in [0.25, 0.3) is 10.0 Å². The topological polar surface area (TPSA) is 49.7 Å². The first-order valence-corrected chi connectivity index (χ1v) is 10.4. The van der Waals surface area contributed by atoms with Crippen LogP contribution in [0.4, 0.5) is 10.1 Å². The van der Waals surface area contributed by atoms with E-state index >= 15 is 0 Å². The lowest BCUT2D eigenvalue weighted by Crippen LogP contribution is -2.37. The Balaban J connectivity index is 1.88. The molecule has 142 valence electrons. The van der Waals surface area contributed by atoms with Crippen molar-refractivity contribution in [3.63, 3.8) is 0 Å². The van der Waals surface area contributed by atoms with E-state index in [0.29, 0.717) is 11.4 Å². The van der Waals surface area contributed by atoms with Crippen molar-refractivity contribution in [3.05, 3.63) is 95.8 Å². The van der Waals surface area contributed by atoms with Crippen LogP contribution in [0.25, 0.3) is 0 Å². The van der Waals surface area contributed by atoms with Crippen LogP contribution in [0.2, 0.25) is 0 Å². The number of hydrogen-bond acceptors (Lipinski definition) is 2. The zero-order chi connectivity index (χ0) is 19.7. The molecule has 1 heterocycles. The largest absolute Gasteiger partial charge is 0.322 e. The minimum absolute atomic E-state index is 0.0394. The first-order valence-electron chi connectivity index (χ1n) is 8.99. The fraction of sp³-hybridized carbons (Fsp3) is 0.136. The van der Waals surface area contributed by atoms with Gasteiger partial charge in [0.1, 0.15) is 5.82 Å². The smallest absolute Gasteiger partial charge is 0.284 e. The Bertz CT molecular complexity index is 1130. The third-order valence-electron chi connectivity index (χ3n) is 4.79. The highest BCUT2D eigenvalue weighted by molar-refractivity contribution is 7.90. The SMILES string of the molecule is CC1Cc2ccccc2N1/C(=N/S(=O)(=O)c1ccc(F)cc1)c1ccccc1. The summed E-state index contributed by atoms with van der Waals surface area (Å²) in [6, 6.07) is 21.9. The molecule has 4 rings (SSSR count). The number of halogens is 1.